The van der Waals surface area contributed by atoms with E-state index in [9.17, 15) is 4.79 Å². The summed E-state index contributed by atoms with van der Waals surface area (Å²) in [4.78, 5) is 17.8. The van der Waals surface area contributed by atoms with Crippen molar-refractivity contribution in [1.82, 2.24) is 14.6 Å². The summed E-state index contributed by atoms with van der Waals surface area (Å²) in [7, 11) is 4.63. The van der Waals surface area contributed by atoms with Gasteiger partial charge in [-0.1, -0.05) is 41.2 Å². The van der Waals surface area contributed by atoms with Crippen LogP contribution < -0.4 is 24.3 Å². The van der Waals surface area contributed by atoms with E-state index < -0.39 is 0 Å². The Morgan fingerprint density at radius 2 is 1.66 bits per heavy atom. The molecule has 0 saturated heterocycles. The number of fused-ring (bicyclic) bond motifs is 1. The quantitative estimate of drug-likeness (QED) is 0.505. The van der Waals surface area contributed by atoms with Crippen molar-refractivity contribution in [3.05, 3.63) is 62.4 Å². The van der Waals surface area contributed by atoms with E-state index in [0.717, 1.165) is 5.56 Å². The molecular weight excluding hydrogens is 390 g/mol. The second-order valence-corrected chi connectivity index (χ2v) is 7.38. The van der Waals surface area contributed by atoms with Crippen LogP contribution in [0.15, 0.2) is 41.2 Å². The SMILES string of the molecule is COc1cc(-c2nc3s/c(=C\c4ccc(C)cc4)c(=O)n3n2)cc(OC)c1OC. The van der Waals surface area contributed by atoms with Crippen molar-refractivity contribution in [2.75, 3.05) is 21.3 Å². The molecule has 148 valence electrons. The topological polar surface area (TPSA) is 75.0 Å². The van der Waals surface area contributed by atoms with Crippen LogP contribution in [0.3, 0.4) is 0 Å². The molecule has 8 heteroatoms. The summed E-state index contributed by atoms with van der Waals surface area (Å²) in [5, 5.41) is 4.40. The molecule has 0 aliphatic rings. The van der Waals surface area contributed by atoms with Crippen LogP contribution in [0.25, 0.3) is 22.4 Å². The molecule has 0 fully saturated rings. The van der Waals surface area contributed by atoms with Crippen LogP contribution in [-0.4, -0.2) is 35.9 Å². The minimum atomic E-state index is -0.197. The maximum atomic E-state index is 12.8. The van der Waals surface area contributed by atoms with Crippen LogP contribution in [0, 0.1) is 6.92 Å². The van der Waals surface area contributed by atoms with E-state index in [1.165, 1.54) is 21.4 Å². The van der Waals surface area contributed by atoms with Crippen LogP contribution in [0.5, 0.6) is 17.2 Å². The summed E-state index contributed by atoms with van der Waals surface area (Å²) in [5.74, 6) is 1.89. The van der Waals surface area contributed by atoms with Gasteiger partial charge in [-0.15, -0.1) is 5.10 Å². The third-order valence-corrected chi connectivity index (χ3v) is 5.44. The maximum Gasteiger partial charge on any atom is 0.291 e. The molecule has 29 heavy (non-hydrogen) atoms. The minimum Gasteiger partial charge on any atom is -0.493 e. The van der Waals surface area contributed by atoms with E-state index in [-0.39, 0.29) is 5.56 Å². The number of thiazole rings is 1. The van der Waals surface area contributed by atoms with Crippen LogP contribution in [-0.2, 0) is 0 Å². The van der Waals surface area contributed by atoms with Gasteiger partial charge in [0.25, 0.3) is 5.56 Å². The van der Waals surface area contributed by atoms with E-state index in [1.807, 2.05) is 37.3 Å². The van der Waals surface area contributed by atoms with Crippen LogP contribution in [0.2, 0.25) is 0 Å². The Balaban J connectivity index is 1.80. The van der Waals surface area contributed by atoms with Gasteiger partial charge in [0.1, 0.15) is 0 Å². The molecule has 4 rings (SSSR count). The molecular formula is C21H19N3O4S. The molecule has 0 aliphatic carbocycles. The van der Waals surface area contributed by atoms with Gasteiger partial charge in [-0.2, -0.15) is 9.50 Å². The number of aryl methyl sites for hydroxylation is 1. The smallest absolute Gasteiger partial charge is 0.291 e. The summed E-state index contributed by atoms with van der Waals surface area (Å²) in [6, 6.07) is 11.5. The largest absolute Gasteiger partial charge is 0.493 e. The van der Waals surface area contributed by atoms with Gasteiger partial charge in [0, 0.05) is 5.56 Å². The highest BCUT2D eigenvalue weighted by Crippen LogP contribution is 2.40. The lowest BCUT2D eigenvalue weighted by atomic mass is 10.1. The molecule has 2 heterocycles. The molecule has 0 unspecified atom stereocenters. The highest BCUT2D eigenvalue weighted by atomic mass is 32.1. The number of hydrogen-bond acceptors (Lipinski definition) is 7. The molecule has 0 aliphatic heterocycles. The highest BCUT2D eigenvalue weighted by Gasteiger charge is 2.18. The lowest BCUT2D eigenvalue weighted by Crippen LogP contribution is -2.23. The van der Waals surface area contributed by atoms with E-state index in [1.54, 1.807) is 33.5 Å². The molecule has 0 saturated carbocycles. The fraction of sp³-hybridized carbons (Fsp3) is 0.190. The van der Waals surface area contributed by atoms with Crippen LogP contribution >= 0.6 is 11.3 Å². The van der Waals surface area contributed by atoms with E-state index in [2.05, 4.69) is 10.1 Å². The van der Waals surface area contributed by atoms with Gasteiger partial charge in [0.15, 0.2) is 17.3 Å². The Morgan fingerprint density at radius 1 is 1.00 bits per heavy atom. The van der Waals surface area contributed by atoms with Gasteiger partial charge in [-0.25, -0.2) is 0 Å². The van der Waals surface area contributed by atoms with Gasteiger partial charge < -0.3 is 14.2 Å². The van der Waals surface area contributed by atoms with Crippen molar-refractivity contribution in [3.8, 4) is 28.6 Å². The van der Waals surface area contributed by atoms with Gasteiger partial charge in [-0.3, -0.25) is 4.79 Å². The van der Waals surface area contributed by atoms with Crippen LogP contribution in [0.4, 0.5) is 0 Å². The van der Waals surface area contributed by atoms with Crippen molar-refractivity contribution < 1.29 is 14.2 Å². The molecule has 0 spiro atoms. The number of ether oxygens (including phenoxy) is 3. The number of hydrogen-bond donors (Lipinski definition) is 0. The van der Waals surface area contributed by atoms with Gasteiger partial charge >= 0.3 is 0 Å². The predicted octanol–water partition coefficient (Wildman–Crippen LogP) is 2.70. The Hall–Kier alpha value is -3.39. The first-order valence-electron chi connectivity index (χ1n) is 8.82. The second-order valence-electron chi connectivity index (χ2n) is 6.37. The normalized spacial score (nSPS) is 11.8. The summed E-state index contributed by atoms with van der Waals surface area (Å²) in [6.45, 7) is 2.02. The van der Waals surface area contributed by atoms with Crippen molar-refractivity contribution >= 4 is 22.4 Å². The zero-order valence-corrected chi connectivity index (χ0v) is 17.2. The number of nitrogens with zero attached hydrogens (tertiary/aromatic N) is 3. The molecule has 0 bridgehead atoms. The molecule has 0 N–H and O–H groups in total. The van der Waals surface area contributed by atoms with Gasteiger partial charge in [0.2, 0.25) is 10.7 Å². The zero-order valence-electron chi connectivity index (χ0n) is 16.4. The highest BCUT2D eigenvalue weighted by molar-refractivity contribution is 7.15. The predicted molar refractivity (Wildman–Crippen MR) is 112 cm³/mol. The van der Waals surface area contributed by atoms with Crippen molar-refractivity contribution in [2.45, 2.75) is 6.92 Å². The first kappa shape index (κ1) is 18.9. The zero-order chi connectivity index (χ0) is 20.5. The molecule has 7 nitrogen and oxygen atoms in total. The number of aromatic nitrogens is 3. The Morgan fingerprint density at radius 3 is 2.21 bits per heavy atom. The molecule has 2 aromatic heterocycles. The Bertz CT molecular complexity index is 1270. The number of benzene rings is 2. The van der Waals surface area contributed by atoms with Crippen molar-refractivity contribution in [1.29, 1.82) is 0 Å². The van der Waals surface area contributed by atoms with Crippen molar-refractivity contribution in [3.63, 3.8) is 0 Å². The fourth-order valence-corrected chi connectivity index (χ4v) is 3.89. The number of methoxy groups -OCH3 is 3. The average Bonchev–Trinajstić information content (AvgIpc) is 3.28. The fourth-order valence-electron chi connectivity index (χ4n) is 2.98. The summed E-state index contributed by atoms with van der Waals surface area (Å²) in [6.07, 6.45) is 1.85. The molecule has 0 atom stereocenters. The monoisotopic (exact) mass is 409 g/mol. The Labute approximate surface area is 170 Å². The second kappa shape index (κ2) is 7.56. The summed E-state index contributed by atoms with van der Waals surface area (Å²) >= 11 is 1.30. The van der Waals surface area contributed by atoms with E-state index in [0.29, 0.717) is 38.1 Å². The summed E-state index contributed by atoms with van der Waals surface area (Å²) < 4.78 is 18.0. The molecule has 0 amide bonds. The standard InChI is InChI=1S/C21H19N3O4S/c1-12-5-7-13(8-6-12)9-17-20(25)24-21(29-17)22-19(23-24)14-10-15(26-2)18(28-4)16(11-14)27-3/h5-11H,1-4H3/b17-9-. The maximum absolute atomic E-state index is 12.8. The summed E-state index contributed by atoms with van der Waals surface area (Å²) in [5.41, 5.74) is 2.60. The van der Waals surface area contributed by atoms with E-state index >= 15 is 0 Å². The molecule has 2 aromatic carbocycles. The van der Waals surface area contributed by atoms with E-state index in [4.69, 9.17) is 14.2 Å². The lowest BCUT2D eigenvalue weighted by molar-refractivity contribution is 0.324. The van der Waals surface area contributed by atoms with Crippen molar-refractivity contribution in [2.24, 2.45) is 0 Å². The van der Waals surface area contributed by atoms with Crippen LogP contribution in [0.1, 0.15) is 11.1 Å². The average molecular weight is 409 g/mol. The number of rotatable bonds is 5. The minimum absolute atomic E-state index is 0.197. The first-order chi connectivity index (χ1) is 14.0. The molecule has 0 radical (unpaired) electrons. The van der Waals surface area contributed by atoms with Gasteiger partial charge in [-0.05, 0) is 30.7 Å². The lowest BCUT2D eigenvalue weighted by Gasteiger charge is -2.12. The molecule has 4 aromatic rings. The first-order valence-corrected chi connectivity index (χ1v) is 9.64. The third-order valence-electron chi connectivity index (χ3n) is 4.48. The third kappa shape index (κ3) is 3.42. The Kier molecular flexibility index (Phi) is 4.94. The van der Waals surface area contributed by atoms with Gasteiger partial charge in [0.05, 0.1) is 25.9 Å².